The average molecular weight is 1260 g/mol. The van der Waals surface area contributed by atoms with E-state index in [1.807, 2.05) is 21.1 Å². The molecule has 0 bridgehead atoms. The summed E-state index contributed by atoms with van der Waals surface area (Å²) in [6, 6.07) is 0. The topological polar surface area (TPSA) is 108 Å². The van der Waals surface area contributed by atoms with E-state index in [2.05, 4.69) is 196 Å². The Morgan fingerprint density at radius 3 is 0.879 bits per heavy atom. The van der Waals surface area contributed by atoms with Gasteiger partial charge in [-0.3, -0.25) is 9.59 Å². The Morgan fingerprint density at radius 1 is 0.330 bits per heavy atom. The molecule has 9 nitrogen and oxygen atoms in total. The Balaban J connectivity index is 4.20. The lowest BCUT2D eigenvalue weighted by molar-refractivity contribution is -0.870. The Morgan fingerprint density at radius 2 is 0.593 bits per heavy atom. The van der Waals surface area contributed by atoms with E-state index in [1.54, 1.807) is 0 Å². The van der Waals surface area contributed by atoms with E-state index in [0.717, 1.165) is 154 Å². The number of hydrogen-bond acceptors (Lipinski definition) is 7. The first-order valence-corrected chi connectivity index (χ1v) is 35.9. The van der Waals surface area contributed by atoms with Crippen LogP contribution in [0.3, 0.4) is 0 Å². The van der Waals surface area contributed by atoms with E-state index in [9.17, 15) is 19.5 Å². The lowest BCUT2D eigenvalue weighted by atomic mass is 10.1. The van der Waals surface area contributed by atoms with Crippen molar-refractivity contribution in [3.8, 4) is 0 Å². The van der Waals surface area contributed by atoms with E-state index >= 15 is 0 Å². The normalized spacial score (nSPS) is 13.8. The zero-order valence-electron chi connectivity index (χ0n) is 58.4. The standard InChI is InChI=1S/C82H131NO8/c1-6-8-10-12-14-16-18-20-22-24-26-28-30-32-34-36-37-38-39-40-41-42-43-45-47-49-51-53-55-57-59-61-63-65-67-69-71-73-80(85)91-78(77-90-82(81(86)87)88-75-74-83(3,4)5)76-89-79(84)72-70-68-66-64-62-60-58-56-54-52-50-48-46-44-35-33-31-29-27-25-23-21-19-17-15-13-11-9-7-2/h8-11,14-17,20-23,26-29,32-35,37-38,40-41,43,45-46,48-49,51,78,82H,6-7,12-13,18-19,24-25,30-31,36,39,42,44,47,50,52-77H2,1-5H3/p+1/b10-8-,11-9-,16-14-,17-15-,22-20-,23-21-,28-26-,29-27-,34-32-,35-33-,38-37-,41-40-,45-43-,48-46-,51-49-. The van der Waals surface area contributed by atoms with Crippen LogP contribution in [0.1, 0.15) is 258 Å². The van der Waals surface area contributed by atoms with Crippen molar-refractivity contribution in [2.45, 2.75) is 270 Å². The van der Waals surface area contributed by atoms with Crippen molar-refractivity contribution >= 4 is 17.9 Å². The van der Waals surface area contributed by atoms with Gasteiger partial charge in [0.15, 0.2) is 6.10 Å². The SMILES string of the molecule is CC/C=C\C/C=C\C/C=C\C/C=C\C/C=C\C/C=C\C/C=C\C/C=C\C/C=C\CCCCCCCCCCCC(=O)OC(COC(=O)CCCCCCCCCCCC/C=C\C/C=C\C/C=C\C/C=C\C/C=C\C/C=C\CC)COC(OCC[N+](C)(C)C)C(=O)O. The third-order valence-corrected chi connectivity index (χ3v) is 14.7. The lowest BCUT2D eigenvalue weighted by Crippen LogP contribution is -2.40. The Bertz CT molecular complexity index is 2150. The largest absolute Gasteiger partial charge is 0.477 e. The molecule has 0 aromatic carbocycles. The quantitative estimate of drug-likeness (QED) is 0.0211. The van der Waals surface area contributed by atoms with Gasteiger partial charge in [0.1, 0.15) is 13.2 Å². The lowest BCUT2D eigenvalue weighted by Gasteiger charge is -2.25. The molecule has 0 spiro atoms. The minimum absolute atomic E-state index is 0.176. The maximum atomic E-state index is 13.0. The summed E-state index contributed by atoms with van der Waals surface area (Å²) in [5, 5.41) is 9.76. The van der Waals surface area contributed by atoms with E-state index in [-0.39, 0.29) is 38.6 Å². The summed E-state index contributed by atoms with van der Waals surface area (Å²) in [6.07, 6.45) is 104. The number of aliphatic carboxylic acids is 1. The fourth-order valence-corrected chi connectivity index (χ4v) is 9.25. The van der Waals surface area contributed by atoms with E-state index in [0.29, 0.717) is 17.4 Å². The highest BCUT2D eigenvalue weighted by Gasteiger charge is 2.25. The summed E-state index contributed by atoms with van der Waals surface area (Å²) in [6.45, 7) is 4.62. The van der Waals surface area contributed by atoms with Gasteiger partial charge < -0.3 is 28.5 Å². The molecule has 1 N–H and O–H groups in total. The van der Waals surface area contributed by atoms with Crippen LogP contribution in [-0.2, 0) is 33.3 Å². The molecule has 0 amide bonds. The smallest absolute Gasteiger partial charge is 0.361 e. The van der Waals surface area contributed by atoms with Gasteiger partial charge >= 0.3 is 17.9 Å². The van der Waals surface area contributed by atoms with Crippen LogP contribution in [0.5, 0.6) is 0 Å². The fourth-order valence-electron chi connectivity index (χ4n) is 9.25. The number of rotatable bonds is 64. The second kappa shape index (κ2) is 70.3. The van der Waals surface area contributed by atoms with E-state index < -0.39 is 24.3 Å². The average Bonchev–Trinajstić information content (AvgIpc) is 3.50. The Kier molecular flexibility index (Phi) is 65.9. The number of carboxylic acid groups (broad SMARTS) is 1. The first kappa shape index (κ1) is 85.4. The highest BCUT2D eigenvalue weighted by Crippen LogP contribution is 2.16. The predicted molar refractivity (Wildman–Crippen MR) is 391 cm³/mol. The number of carboxylic acids is 1. The molecule has 0 heterocycles. The summed E-state index contributed by atoms with van der Waals surface area (Å²) in [5.41, 5.74) is 0. The number of carbonyl (C=O) groups excluding carboxylic acids is 2. The number of allylic oxidation sites excluding steroid dienone is 30. The number of quaternary nitrogens is 1. The molecule has 0 saturated carbocycles. The molecule has 2 unspecified atom stereocenters. The fraction of sp³-hybridized carbons (Fsp3) is 0.598. The molecule has 0 aromatic rings. The van der Waals surface area contributed by atoms with Crippen LogP contribution in [-0.4, -0.2) is 87.4 Å². The molecule has 0 radical (unpaired) electrons. The van der Waals surface area contributed by atoms with Crippen LogP contribution in [0.4, 0.5) is 0 Å². The first-order chi connectivity index (χ1) is 44.6. The highest BCUT2D eigenvalue weighted by atomic mass is 16.7. The minimum atomic E-state index is -1.53. The second-order valence-corrected chi connectivity index (χ2v) is 24.4. The van der Waals surface area contributed by atoms with Gasteiger partial charge in [-0.05, 0) is 135 Å². The molecule has 0 rings (SSSR count). The third kappa shape index (κ3) is 71.7. The van der Waals surface area contributed by atoms with Gasteiger partial charge in [-0.1, -0.05) is 292 Å². The van der Waals surface area contributed by atoms with Gasteiger partial charge in [-0.15, -0.1) is 0 Å². The van der Waals surface area contributed by atoms with Gasteiger partial charge in [0.05, 0.1) is 34.4 Å². The molecule has 0 aromatic heterocycles. The molecule has 0 aliphatic rings. The number of esters is 2. The summed E-state index contributed by atoms with van der Waals surface area (Å²) in [4.78, 5) is 37.7. The second-order valence-electron chi connectivity index (χ2n) is 24.4. The number of ether oxygens (including phenoxy) is 4. The highest BCUT2D eigenvalue weighted by molar-refractivity contribution is 5.71. The molecule has 512 valence electrons. The van der Waals surface area contributed by atoms with Gasteiger partial charge in [-0.25, -0.2) is 4.79 Å². The molecule has 2 atom stereocenters. The molecular weight excluding hydrogens is 1130 g/mol. The van der Waals surface area contributed by atoms with E-state index in [4.69, 9.17) is 18.9 Å². The van der Waals surface area contributed by atoms with Crippen molar-refractivity contribution in [3.05, 3.63) is 182 Å². The van der Waals surface area contributed by atoms with Crippen molar-refractivity contribution in [3.63, 3.8) is 0 Å². The zero-order chi connectivity index (χ0) is 66.1. The number of hydrogen-bond donors (Lipinski definition) is 1. The van der Waals surface area contributed by atoms with Crippen LogP contribution in [0.15, 0.2) is 182 Å². The van der Waals surface area contributed by atoms with Crippen LogP contribution >= 0.6 is 0 Å². The summed E-state index contributed by atoms with van der Waals surface area (Å²) in [7, 11) is 5.96. The van der Waals surface area contributed by atoms with Crippen molar-refractivity contribution < 1.29 is 42.9 Å². The van der Waals surface area contributed by atoms with Crippen molar-refractivity contribution in [2.75, 3.05) is 47.5 Å². The Labute approximate surface area is 558 Å². The number of unbranched alkanes of at least 4 members (excludes halogenated alkanes) is 19. The molecule has 91 heavy (non-hydrogen) atoms. The minimum Gasteiger partial charge on any atom is -0.477 e. The predicted octanol–water partition coefficient (Wildman–Crippen LogP) is 22.8. The van der Waals surface area contributed by atoms with E-state index in [1.165, 1.54) is 70.6 Å². The molecule has 0 aliphatic carbocycles. The summed E-state index contributed by atoms with van der Waals surface area (Å²) < 4.78 is 23.0. The van der Waals surface area contributed by atoms with Crippen molar-refractivity contribution in [1.82, 2.24) is 0 Å². The van der Waals surface area contributed by atoms with Crippen LogP contribution in [0.2, 0.25) is 0 Å². The molecule has 0 saturated heterocycles. The molecule has 0 fully saturated rings. The van der Waals surface area contributed by atoms with Gasteiger partial charge in [-0.2, -0.15) is 0 Å². The summed E-state index contributed by atoms with van der Waals surface area (Å²) in [5.74, 6) is -2.03. The maximum Gasteiger partial charge on any atom is 0.361 e. The number of carbonyl (C=O) groups is 3. The van der Waals surface area contributed by atoms with Crippen LogP contribution in [0.25, 0.3) is 0 Å². The first-order valence-electron chi connectivity index (χ1n) is 35.9. The monoisotopic (exact) mass is 1260 g/mol. The van der Waals surface area contributed by atoms with Gasteiger partial charge in [0.2, 0.25) is 0 Å². The maximum absolute atomic E-state index is 13.0. The third-order valence-electron chi connectivity index (χ3n) is 14.7. The summed E-state index contributed by atoms with van der Waals surface area (Å²) >= 11 is 0. The Hall–Kier alpha value is -5.61. The molecule has 9 heteroatoms. The van der Waals surface area contributed by atoms with Gasteiger partial charge in [0.25, 0.3) is 6.29 Å². The zero-order valence-corrected chi connectivity index (χ0v) is 58.4. The van der Waals surface area contributed by atoms with Gasteiger partial charge in [0, 0.05) is 12.8 Å². The van der Waals surface area contributed by atoms with Crippen LogP contribution < -0.4 is 0 Å². The molecular formula is C82H132NO8+. The molecule has 0 aliphatic heterocycles. The number of nitrogens with zero attached hydrogens (tertiary/aromatic N) is 1. The van der Waals surface area contributed by atoms with Crippen LogP contribution in [0, 0.1) is 0 Å². The number of likely N-dealkylation sites (N-methyl/N-ethyl adjacent to an activating group) is 1. The van der Waals surface area contributed by atoms with Crippen molar-refractivity contribution in [2.24, 2.45) is 0 Å². The van der Waals surface area contributed by atoms with Crippen molar-refractivity contribution in [1.29, 1.82) is 0 Å².